The van der Waals surface area contributed by atoms with Crippen LogP contribution in [0.5, 0.6) is 5.75 Å². The van der Waals surface area contributed by atoms with Crippen molar-refractivity contribution in [3.05, 3.63) is 24.3 Å². The molecule has 1 aromatic carbocycles. The Hall–Kier alpha value is -0.820. The van der Waals surface area contributed by atoms with Crippen molar-refractivity contribution in [1.29, 1.82) is 0 Å². The highest BCUT2D eigenvalue weighted by Crippen LogP contribution is 2.22. The summed E-state index contributed by atoms with van der Waals surface area (Å²) in [7, 11) is 7.60. The Morgan fingerprint density at radius 1 is 1.22 bits per heavy atom. The standard InChI is InChI=1S/C13H21N2O2.HI/c1-6-15(4,5)11-7-9-12(10-8-11)17-13(16)14(2)3;/h7-10H,6H2,1-5H3;1H/q+1;/p-1. The molecule has 0 bridgehead atoms. The van der Waals surface area contributed by atoms with Crippen LogP contribution in [0.1, 0.15) is 6.92 Å². The predicted octanol–water partition coefficient (Wildman–Crippen LogP) is -0.662. The second-order valence-corrected chi connectivity index (χ2v) is 4.76. The van der Waals surface area contributed by atoms with Gasteiger partial charge in [-0.1, -0.05) is 0 Å². The summed E-state index contributed by atoms with van der Waals surface area (Å²) in [6, 6.07) is 7.63. The summed E-state index contributed by atoms with van der Waals surface area (Å²) >= 11 is 0. The third kappa shape index (κ3) is 4.45. The molecule has 1 rings (SSSR count). The molecule has 0 N–H and O–H groups in total. The topological polar surface area (TPSA) is 29.5 Å². The highest BCUT2D eigenvalue weighted by Gasteiger charge is 2.16. The van der Waals surface area contributed by atoms with Gasteiger partial charge in [-0.2, -0.15) is 0 Å². The Bertz CT molecular complexity index is 388. The zero-order valence-corrected chi connectivity index (χ0v) is 13.8. The van der Waals surface area contributed by atoms with Gasteiger partial charge in [0.1, 0.15) is 11.4 Å². The zero-order chi connectivity index (χ0) is 13.1. The van der Waals surface area contributed by atoms with Crippen molar-refractivity contribution in [2.24, 2.45) is 0 Å². The summed E-state index contributed by atoms with van der Waals surface area (Å²) in [6.07, 6.45) is -0.359. The van der Waals surface area contributed by atoms with E-state index in [1.54, 1.807) is 14.1 Å². The van der Waals surface area contributed by atoms with E-state index in [1.807, 2.05) is 24.3 Å². The van der Waals surface area contributed by atoms with E-state index in [1.165, 1.54) is 10.6 Å². The van der Waals surface area contributed by atoms with Crippen LogP contribution in [0.2, 0.25) is 0 Å². The molecular weight excluding hydrogens is 343 g/mol. The minimum atomic E-state index is -0.359. The Balaban J connectivity index is 0.00000289. The monoisotopic (exact) mass is 364 g/mol. The minimum absolute atomic E-state index is 0. The smallest absolute Gasteiger partial charge is 0.414 e. The van der Waals surface area contributed by atoms with Crippen LogP contribution < -0.4 is 33.2 Å². The quantitative estimate of drug-likeness (QED) is 0.527. The molecule has 0 spiro atoms. The first-order valence-electron chi connectivity index (χ1n) is 5.69. The first-order chi connectivity index (χ1) is 7.86. The summed E-state index contributed by atoms with van der Waals surface area (Å²) in [6.45, 7) is 3.15. The van der Waals surface area contributed by atoms with Crippen LogP contribution in [0, 0.1) is 0 Å². The second-order valence-electron chi connectivity index (χ2n) is 4.76. The summed E-state index contributed by atoms with van der Waals surface area (Å²) in [5.41, 5.74) is 1.19. The normalized spacial score (nSPS) is 10.5. The van der Waals surface area contributed by atoms with E-state index < -0.39 is 0 Å². The summed E-state index contributed by atoms with van der Waals surface area (Å²) < 4.78 is 5.96. The van der Waals surface area contributed by atoms with Gasteiger partial charge >= 0.3 is 6.09 Å². The lowest BCUT2D eigenvalue weighted by atomic mass is 10.2. The van der Waals surface area contributed by atoms with E-state index in [4.69, 9.17) is 4.74 Å². The summed E-state index contributed by atoms with van der Waals surface area (Å²) in [4.78, 5) is 12.8. The van der Waals surface area contributed by atoms with Crippen molar-refractivity contribution in [1.82, 2.24) is 9.38 Å². The van der Waals surface area contributed by atoms with E-state index in [2.05, 4.69) is 21.0 Å². The molecular formula is C13H21IN2O2. The molecule has 4 nitrogen and oxygen atoms in total. The number of quaternary nitrogens is 1. The molecule has 0 heterocycles. The highest BCUT2D eigenvalue weighted by molar-refractivity contribution is 5.70. The molecule has 102 valence electrons. The first-order valence-corrected chi connectivity index (χ1v) is 5.69. The molecule has 5 heteroatoms. The molecule has 0 saturated carbocycles. The van der Waals surface area contributed by atoms with E-state index >= 15 is 0 Å². The van der Waals surface area contributed by atoms with Gasteiger partial charge in [0.25, 0.3) is 0 Å². The minimum Gasteiger partial charge on any atom is -1.00 e. The number of nitrogens with zero attached hydrogens (tertiary/aromatic N) is 2. The van der Waals surface area contributed by atoms with Crippen molar-refractivity contribution in [3.8, 4) is 5.75 Å². The average Bonchev–Trinajstić information content (AvgIpc) is 2.29. The molecule has 18 heavy (non-hydrogen) atoms. The van der Waals surface area contributed by atoms with Crippen molar-refractivity contribution in [2.75, 3.05) is 34.7 Å². The number of rotatable bonds is 3. The molecule has 0 aliphatic rings. The zero-order valence-electron chi connectivity index (χ0n) is 11.6. The number of carbonyl (C=O) groups excluding carboxylic acids is 1. The van der Waals surface area contributed by atoms with Gasteiger partial charge < -0.3 is 33.6 Å². The lowest BCUT2D eigenvalue weighted by Gasteiger charge is -2.27. The fourth-order valence-electron chi connectivity index (χ4n) is 1.29. The van der Waals surface area contributed by atoms with E-state index in [9.17, 15) is 4.79 Å². The van der Waals surface area contributed by atoms with Gasteiger partial charge in [-0.3, -0.25) is 4.48 Å². The van der Waals surface area contributed by atoms with Gasteiger partial charge in [0.05, 0.1) is 20.6 Å². The second kappa shape index (κ2) is 6.94. The molecule has 0 aliphatic heterocycles. The SMILES string of the molecule is CC[N+](C)(C)c1ccc(OC(=O)N(C)C)cc1.[I-]. The van der Waals surface area contributed by atoms with Crippen molar-refractivity contribution in [3.63, 3.8) is 0 Å². The highest BCUT2D eigenvalue weighted by atomic mass is 127. The molecule has 0 aromatic heterocycles. The Morgan fingerprint density at radius 3 is 2.11 bits per heavy atom. The molecule has 1 aromatic rings. The van der Waals surface area contributed by atoms with Crippen LogP contribution in [-0.2, 0) is 0 Å². The first kappa shape index (κ1) is 17.2. The van der Waals surface area contributed by atoms with Crippen LogP contribution >= 0.6 is 0 Å². The number of carbonyl (C=O) groups is 1. The van der Waals surface area contributed by atoms with Gasteiger partial charge in [-0.25, -0.2) is 4.79 Å². The van der Waals surface area contributed by atoms with Crippen molar-refractivity contribution in [2.45, 2.75) is 6.92 Å². The molecule has 0 atom stereocenters. The third-order valence-corrected chi connectivity index (χ3v) is 2.90. The lowest BCUT2D eigenvalue weighted by Crippen LogP contribution is -3.00. The van der Waals surface area contributed by atoms with Crippen molar-refractivity contribution >= 4 is 11.8 Å². The molecule has 0 radical (unpaired) electrons. The largest absolute Gasteiger partial charge is 1.00 e. The maximum Gasteiger partial charge on any atom is 0.414 e. The van der Waals surface area contributed by atoms with Gasteiger partial charge in [0.2, 0.25) is 0 Å². The Labute approximate surface area is 126 Å². The summed E-state index contributed by atoms with van der Waals surface area (Å²) in [5, 5.41) is 0. The summed E-state index contributed by atoms with van der Waals surface area (Å²) in [5.74, 6) is 0.573. The van der Waals surface area contributed by atoms with Crippen LogP contribution in [0.25, 0.3) is 0 Å². The van der Waals surface area contributed by atoms with E-state index in [-0.39, 0.29) is 30.1 Å². The maximum absolute atomic E-state index is 11.4. The predicted molar refractivity (Wildman–Crippen MR) is 70.3 cm³/mol. The van der Waals surface area contributed by atoms with Gasteiger partial charge in [0.15, 0.2) is 0 Å². The van der Waals surface area contributed by atoms with E-state index in [0.29, 0.717) is 5.75 Å². The average molecular weight is 364 g/mol. The molecule has 0 unspecified atom stereocenters. The van der Waals surface area contributed by atoms with Gasteiger partial charge in [-0.15, -0.1) is 0 Å². The fourth-order valence-corrected chi connectivity index (χ4v) is 1.29. The van der Waals surface area contributed by atoms with Gasteiger partial charge in [-0.05, 0) is 19.1 Å². The third-order valence-electron chi connectivity index (χ3n) is 2.90. The number of hydrogen-bond acceptors (Lipinski definition) is 2. The van der Waals surface area contributed by atoms with Crippen LogP contribution in [-0.4, -0.2) is 45.7 Å². The number of benzene rings is 1. The fraction of sp³-hybridized carbons (Fsp3) is 0.462. The Morgan fingerprint density at radius 2 is 1.72 bits per heavy atom. The van der Waals surface area contributed by atoms with E-state index in [0.717, 1.165) is 11.0 Å². The maximum atomic E-state index is 11.4. The molecule has 1 amide bonds. The van der Waals surface area contributed by atoms with Gasteiger partial charge in [0, 0.05) is 26.2 Å². The molecule has 0 aliphatic carbocycles. The number of halogens is 1. The Kier molecular flexibility index (Phi) is 6.62. The number of hydrogen-bond donors (Lipinski definition) is 0. The van der Waals surface area contributed by atoms with Crippen LogP contribution in [0.15, 0.2) is 24.3 Å². The molecule has 0 fully saturated rings. The van der Waals surface area contributed by atoms with Crippen LogP contribution in [0.3, 0.4) is 0 Å². The molecule has 0 saturated heterocycles. The lowest BCUT2D eigenvalue weighted by molar-refractivity contribution is -0.00000888. The van der Waals surface area contributed by atoms with Crippen molar-refractivity contribution < 1.29 is 33.5 Å². The number of amides is 1. The van der Waals surface area contributed by atoms with Crippen LogP contribution in [0.4, 0.5) is 10.5 Å². The number of ether oxygens (including phenoxy) is 1.